The van der Waals surface area contributed by atoms with E-state index in [0.717, 1.165) is 26.1 Å². The molecule has 1 aromatic rings. The van der Waals surface area contributed by atoms with Crippen LogP contribution in [0.2, 0.25) is 0 Å². The van der Waals surface area contributed by atoms with Gasteiger partial charge in [-0.05, 0) is 53.5 Å². The van der Waals surface area contributed by atoms with Gasteiger partial charge in [-0.1, -0.05) is 30.3 Å². The fraction of sp³-hybridized carbons (Fsp3) is 0.714. The van der Waals surface area contributed by atoms with E-state index in [4.69, 9.17) is 19.6 Å². The number of hydrogen-bond acceptors (Lipinski definition) is 5. The molecule has 148 valence electrons. The van der Waals surface area contributed by atoms with Crippen LogP contribution in [0, 0.1) is 0 Å². The Morgan fingerprint density at radius 3 is 1.81 bits per heavy atom. The van der Waals surface area contributed by atoms with Crippen LogP contribution in [0.3, 0.4) is 0 Å². The Hall–Kier alpha value is -0.980. The second kappa shape index (κ2) is 8.81. The van der Waals surface area contributed by atoms with Gasteiger partial charge in [0.05, 0.1) is 11.2 Å². The van der Waals surface area contributed by atoms with Gasteiger partial charge in [-0.15, -0.1) is 0 Å². The summed E-state index contributed by atoms with van der Waals surface area (Å²) in [6, 6.07) is 10.6. The molecular formula is C21H35NO4. The summed E-state index contributed by atoms with van der Waals surface area (Å²) in [6.45, 7) is 14.5. The molecule has 0 bridgehead atoms. The second-order valence-electron chi connectivity index (χ2n) is 9.05. The molecule has 1 aromatic carbocycles. The molecule has 5 heteroatoms. The summed E-state index contributed by atoms with van der Waals surface area (Å²) in [7, 11) is 0. The molecule has 0 radical (unpaired) electrons. The van der Waals surface area contributed by atoms with Crippen molar-refractivity contribution < 1.29 is 19.6 Å². The first kappa shape index (κ1) is 21.3. The third-order valence-electron chi connectivity index (χ3n) is 4.06. The summed E-state index contributed by atoms with van der Waals surface area (Å²) in [5, 5.41) is 0. The van der Waals surface area contributed by atoms with Crippen molar-refractivity contribution >= 4 is 0 Å². The van der Waals surface area contributed by atoms with Crippen molar-refractivity contribution in [1.29, 1.82) is 0 Å². The van der Waals surface area contributed by atoms with Gasteiger partial charge in [0.15, 0.2) is 0 Å². The third kappa shape index (κ3) is 7.72. The summed E-state index contributed by atoms with van der Waals surface area (Å²) in [6.07, 6.45) is 2.45. The molecule has 0 amide bonds. The van der Waals surface area contributed by atoms with Gasteiger partial charge in [-0.3, -0.25) is 0 Å². The number of nitrogens with zero attached hydrogens (tertiary/aromatic N) is 1. The summed E-state index contributed by atoms with van der Waals surface area (Å²) in [4.78, 5) is 25.1. The van der Waals surface area contributed by atoms with E-state index >= 15 is 0 Å². The van der Waals surface area contributed by atoms with Crippen LogP contribution in [-0.2, 0) is 26.0 Å². The zero-order valence-corrected chi connectivity index (χ0v) is 17.2. The maximum Gasteiger partial charge on any atom is 0.236 e. The summed E-state index contributed by atoms with van der Waals surface area (Å²) < 4.78 is 0. The molecule has 1 fully saturated rings. The normalized spacial score (nSPS) is 18.8. The van der Waals surface area contributed by atoms with E-state index in [9.17, 15) is 0 Å². The van der Waals surface area contributed by atoms with Crippen LogP contribution in [0.4, 0.5) is 0 Å². The second-order valence-corrected chi connectivity index (χ2v) is 9.05. The molecule has 0 N–H and O–H groups in total. The van der Waals surface area contributed by atoms with Gasteiger partial charge in [0, 0.05) is 32.5 Å². The highest BCUT2D eigenvalue weighted by Crippen LogP contribution is 2.31. The summed E-state index contributed by atoms with van der Waals surface area (Å²) >= 11 is 0. The Kier molecular flexibility index (Phi) is 7.22. The van der Waals surface area contributed by atoms with Crippen LogP contribution in [0.25, 0.3) is 0 Å². The van der Waals surface area contributed by atoms with E-state index < -0.39 is 17.0 Å². The molecule has 26 heavy (non-hydrogen) atoms. The lowest BCUT2D eigenvalue weighted by atomic mass is 10.0. The van der Waals surface area contributed by atoms with Crippen molar-refractivity contribution in [3.8, 4) is 0 Å². The van der Waals surface area contributed by atoms with Crippen LogP contribution in [-0.4, -0.2) is 41.5 Å². The molecule has 0 unspecified atom stereocenters. The molecule has 0 atom stereocenters. The molecular weight excluding hydrogens is 330 g/mol. The van der Waals surface area contributed by atoms with Crippen molar-refractivity contribution in [3.05, 3.63) is 35.9 Å². The number of benzene rings is 1. The lowest BCUT2D eigenvalue weighted by molar-refractivity contribution is -0.546. The molecule has 0 aliphatic carbocycles. The molecule has 1 heterocycles. The van der Waals surface area contributed by atoms with Crippen molar-refractivity contribution in [2.75, 3.05) is 19.6 Å². The number of rotatable bonds is 7. The van der Waals surface area contributed by atoms with Gasteiger partial charge >= 0.3 is 0 Å². The molecule has 5 nitrogen and oxygen atoms in total. The van der Waals surface area contributed by atoms with Gasteiger partial charge in [0.25, 0.3) is 0 Å². The monoisotopic (exact) mass is 365 g/mol. The lowest BCUT2D eigenvalue weighted by Crippen LogP contribution is -2.50. The minimum absolute atomic E-state index is 0.400. The zero-order valence-electron chi connectivity index (χ0n) is 17.2. The van der Waals surface area contributed by atoms with Gasteiger partial charge < -0.3 is 4.90 Å². The Balaban J connectivity index is 1.89. The molecule has 2 rings (SSSR count). The first-order chi connectivity index (χ1) is 12.1. The molecule has 0 spiro atoms. The van der Waals surface area contributed by atoms with Crippen LogP contribution in [0.1, 0.15) is 59.9 Å². The van der Waals surface area contributed by atoms with Gasteiger partial charge in [0.1, 0.15) is 0 Å². The highest BCUT2D eigenvalue weighted by molar-refractivity contribution is 5.14. The highest BCUT2D eigenvalue weighted by atomic mass is 17.3. The third-order valence-corrected chi connectivity index (χ3v) is 4.06. The maximum absolute atomic E-state index is 5.77. The molecule has 1 aliphatic rings. The maximum atomic E-state index is 5.77. The summed E-state index contributed by atoms with van der Waals surface area (Å²) in [5.41, 5.74) is 0.564. The Morgan fingerprint density at radius 2 is 1.35 bits per heavy atom. The number of hydrogen-bond donors (Lipinski definition) is 0. The van der Waals surface area contributed by atoms with E-state index in [1.807, 2.05) is 41.5 Å². The lowest BCUT2D eigenvalue weighted by Gasteiger charge is -2.41. The molecule has 0 aromatic heterocycles. The predicted molar refractivity (Wildman–Crippen MR) is 102 cm³/mol. The van der Waals surface area contributed by atoms with Crippen molar-refractivity contribution in [1.82, 2.24) is 4.90 Å². The van der Waals surface area contributed by atoms with Crippen LogP contribution >= 0.6 is 0 Å². The smallest absolute Gasteiger partial charge is 0.236 e. The van der Waals surface area contributed by atoms with Crippen LogP contribution in [0.15, 0.2) is 30.3 Å². The minimum atomic E-state index is -0.857. The number of likely N-dealkylation sites (tertiary alicyclic amines) is 1. The van der Waals surface area contributed by atoms with Crippen LogP contribution in [0.5, 0.6) is 0 Å². The first-order valence-corrected chi connectivity index (χ1v) is 9.57. The number of piperidine rings is 1. The van der Waals surface area contributed by atoms with Crippen molar-refractivity contribution in [2.24, 2.45) is 0 Å². The molecule has 1 aliphatic heterocycles. The SMILES string of the molecule is CC(C)(C)OOC1(OOC(C)(C)C)CCN(CCc2ccccc2)CC1. The van der Waals surface area contributed by atoms with E-state index in [-0.39, 0.29) is 0 Å². The van der Waals surface area contributed by atoms with E-state index in [2.05, 4.69) is 35.2 Å². The molecule has 1 saturated heterocycles. The fourth-order valence-corrected chi connectivity index (χ4v) is 2.63. The standard InChI is InChI=1S/C21H35NO4/c1-19(2,3)23-25-21(26-24-20(4,5)6)13-16-22(17-14-21)15-12-18-10-8-7-9-11-18/h7-11H,12-17H2,1-6H3. The zero-order chi connectivity index (χ0) is 19.3. The topological polar surface area (TPSA) is 40.2 Å². The van der Waals surface area contributed by atoms with Crippen molar-refractivity contribution in [2.45, 2.75) is 77.8 Å². The van der Waals surface area contributed by atoms with Crippen molar-refractivity contribution in [3.63, 3.8) is 0 Å². The summed E-state index contributed by atoms with van der Waals surface area (Å²) in [5.74, 6) is -0.857. The Morgan fingerprint density at radius 1 is 0.846 bits per heavy atom. The van der Waals surface area contributed by atoms with E-state index in [1.54, 1.807) is 0 Å². The highest BCUT2D eigenvalue weighted by Gasteiger charge is 2.41. The van der Waals surface area contributed by atoms with E-state index in [1.165, 1.54) is 5.56 Å². The average molecular weight is 366 g/mol. The fourth-order valence-electron chi connectivity index (χ4n) is 2.63. The first-order valence-electron chi connectivity index (χ1n) is 9.57. The van der Waals surface area contributed by atoms with Gasteiger partial charge in [-0.2, -0.15) is 9.78 Å². The van der Waals surface area contributed by atoms with E-state index in [0.29, 0.717) is 12.8 Å². The average Bonchev–Trinajstić information content (AvgIpc) is 2.57. The Bertz CT molecular complexity index is 505. The van der Waals surface area contributed by atoms with Gasteiger partial charge in [0.2, 0.25) is 5.79 Å². The van der Waals surface area contributed by atoms with Crippen LogP contribution < -0.4 is 0 Å². The van der Waals surface area contributed by atoms with Gasteiger partial charge in [-0.25, -0.2) is 9.78 Å². The predicted octanol–water partition coefficient (Wildman–Crippen LogP) is 4.51. The minimum Gasteiger partial charge on any atom is -0.303 e. The largest absolute Gasteiger partial charge is 0.303 e. The Labute approximate surface area is 158 Å². The molecule has 0 saturated carbocycles. The quantitative estimate of drug-likeness (QED) is 0.404.